The molecule has 0 saturated carbocycles. The number of hydrogen-bond donors (Lipinski definition) is 0. The van der Waals surface area contributed by atoms with Crippen LogP contribution in [0.4, 0.5) is 0 Å². The third kappa shape index (κ3) is 3.38. The van der Waals surface area contributed by atoms with Gasteiger partial charge in [0, 0.05) is 5.56 Å². The molecule has 0 radical (unpaired) electrons. The second-order valence-corrected chi connectivity index (χ2v) is 2.26. The molecule has 4 heteroatoms. The van der Waals surface area contributed by atoms with Gasteiger partial charge in [-0.1, -0.05) is 17.9 Å². The van der Waals surface area contributed by atoms with E-state index in [-0.39, 0.29) is 41.1 Å². The van der Waals surface area contributed by atoms with E-state index >= 15 is 0 Å². The predicted molar refractivity (Wildman–Crippen MR) is 42.4 cm³/mol. The van der Waals surface area contributed by atoms with Crippen molar-refractivity contribution >= 4 is 6.29 Å². The average Bonchev–Trinajstić information content (AvgIpc) is 2.09. The zero-order chi connectivity index (χ0) is 8.97. The van der Waals surface area contributed by atoms with Crippen molar-refractivity contribution in [3.05, 3.63) is 23.8 Å². The summed E-state index contributed by atoms with van der Waals surface area (Å²) in [5, 5.41) is 11.0. The van der Waals surface area contributed by atoms with E-state index in [1.165, 1.54) is 18.2 Å². The number of hydrogen-bond acceptors (Lipinski definition) is 3. The van der Waals surface area contributed by atoms with Crippen molar-refractivity contribution in [2.75, 3.05) is 6.61 Å². The van der Waals surface area contributed by atoms with E-state index in [9.17, 15) is 9.90 Å². The molecule has 0 aliphatic heterocycles. The maximum absolute atomic E-state index is 11.0. The fourth-order valence-corrected chi connectivity index (χ4v) is 0.866. The fraction of sp³-hybridized carbons (Fsp3) is 0.222. The summed E-state index contributed by atoms with van der Waals surface area (Å²) in [5.74, 6) is 0.0459. The van der Waals surface area contributed by atoms with Gasteiger partial charge in [-0.25, -0.2) is 0 Å². The minimum Gasteiger partial charge on any atom is -0.870 e. The number of rotatable bonds is 3. The van der Waals surface area contributed by atoms with E-state index in [1.807, 2.05) is 0 Å². The van der Waals surface area contributed by atoms with Crippen LogP contribution in [-0.2, 0) is 0 Å². The third-order valence-corrected chi connectivity index (χ3v) is 1.40. The van der Waals surface area contributed by atoms with Gasteiger partial charge < -0.3 is 9.84 Å². The van der Waals surface area contributed by atoms with Crippen LogP contribution in [0.2, 0.25) is 0 Å². The zero-order valence-corrected chi connectivity index (χ0v) is 9.74. The van der Waals surface area contributed by atoms with Crippen LogP contribution < -0.4 is 39.4 Å². The number of benzene rings is 1. The van der Waals surface area contributed by atoms with Crippen molar-refractivity contribution < 1.29 is 44.2 Å². The fourth-order valence-electron chi connectivity index (χ4n) is 0.866. The zero-order valence-electron chi connectivity index (χ0n) is 7.74. The Morgan fingerprint density at radius 1 is 1.54 bits per heavy atom. The summed E-state index contributed by atoms with van der Waals surface area (Å²) in [7, 11) is 0. The van der Waals surface area contributed by atoms with E-state index in [4.69, 9.17) is 4.74 Å². The molecule has 1 aromatic carbocycles. The molecule has 0 spiro atoms. The molecule has 0 saturated heterocycles. The molecule has 0 unspecified atom stereocenters. The van der Waals surface area contributed by atoms with Gasteiger partial charge in [0.25, 0.3) is 0 Å². The van der Waals surface area contributed by atoms with Crippen molar-refractivity contribution in [1.82, 2.24) is 0 Å². The Bertz CT molecular complexity index is 286. The maximum Gasteiger partial charge on any atom is 1.00 e. The Morgan fingerprint density at radius 3 is 2.77 bits per heavy atom. The van der Waals surface area contributed by atoms with E-state index in [0.717, 1.165) is 0 Å². The van der Waals surface area contributed by atoms with Crippen LogP contribution in [0.15, 0.2) is 18.2 Å². The van der Waals surface area contributed by atoms with Crippen LogP contribution in [0.25, 0.3) is 0 Å². The number of carbonyl (C=O) groups is 1. The Balaban J connectivity index is 0.00000144. The summed E-state index contributed by atoms with van der Waals surface area (Å²) in [6.45, 7) is 2.21. The summed E-state index contributed by atoms with van der Waals surface area (Å²) in [6, 6.07) is 4.24. The van der Waals surface area contributed by atoms with Crippen LogP contribution in [0.5, 0.6) is 11.5 Å². The molecule has 0 amide bonds. The van der Waals surface area contributed by atoms with Gasteiger partial charge in [0.15, 0.2) is 0 Å². The Kier molecular flexibility index (Phi) is 5.79. The monoisotopic (exact) mass is 188 g/mol. The van der Waals surface area contributed by atoms with E-state index < -0.39 is 0 Å². The van der Waals surface area contributed by atoms with Crippen LogP contribution in [-0.4, -0.2) is 12.9 Å². The first-order valence-electron chi connectivity index (χ1n) is 3.67. The van der Waals surface area contributed by atoms with E-state index in [1.54, 1.807) is 6.92 Å². The van der Waals surface area contributed by atoms with Crippen molar-refractivity contribution in [2.24, 2.45) is 0 Å². The molecular formula is C9H9NaO3. The second-order valence-electron chi connectivity index (χ2n) is 2.26. The minimum absolute atomic E-state index is 0. The first-order chi connectivity index (χ1) is 5.77. The Morgan fingerprint density at radius 2 is 2.23 bits per heavy atom. The van der Waals surface area contributed by atoms with E-state index in [0.29, 0.717) is 18.5 Å². The number of ether oxygens (including phenoxy) is 1. The van der Waals surface area contributed by atoms with Crippen molar-refractivity contribution in [2.45, 2.75) is 6.92 Å². The van der Waals surface area contributed by atoms with Gasteiger partial charge in [-0.05, 0) is 13.0 Å². The van der Waals surface area contributed by atoms with Gasteiger partial charge in [0.2, 0.25) is 0 Å². The summed E-state index contributed by atoms with van der Waals surface area (Å²) >= 11 is 0. The molecule has 0 fully saturated rings. The molecule has 0 aromatic heterocycles. The summed E-state index contributed by atoms with van der Waals surface area (Å²) in [5.41, 5.74) is 0.457. The summed E-state index contributed by atoms with van der Waals surface area (Å²) in [6.07, 6.45) is 0.683. The molecule has 64 valence electrons. The van der Waals surface area contributed by atoms with Gasteiger partial charge >= 0.3 is 29.6 Å². The predicted octanol–water partition coefficient (Wildman–Crippen LogP) is -2.02. The number of carbonyl (C=O) groups excluding carboxylic acids is 1. The summed E-state index contributed by atoms with van der Waals surface area (Å²) < 4.78 is 5.01. The van der Waals surface area contributed by atoms with Crippen molar-refractivity contribution in [1.29, 1.82) is 0 Å². The second kappa shape index (κ2) is 6.02. The minimum atomic E-state index is -0.192. The van der Waals surface area contributed by atoms with E-state index in [2.05, 4.69) is 0 Å². The molecule has 1 aromatic rings. The van der Waals surface area contributed by atoms with Crippen LogP contribution in [0.1, 0.15) is 17.3 Å². The molecule has 0 N–H and O–H groups in total. The molecule has 0 atom stereocenters. The van der Waals surface area contributed by atoms with Crippen LogP contribution in [0.3, 0.4) is 0 Å². The summed E-state index contributed by atoms with van der Waals surface area (Å²) in [4.78, 5) is 10.3. The molecule has 0 aliphatic rings. The van der Waals surface area contributed by atoms with Gasteiger partial charge in [0.05, 0.1) is 6.61 Å². The van der Waals surface area contributed by atoms with Gasteiger partial charge in [-0.2, -0.15) is 0 Å². The number of aldehydes is 1. The smallest absolute Gasteiger partial charge is 0.870 e. The topological polar surface area (TPSA) is 49.4 Å². The van der Waals surface area contributed by atoms with Gasteiger partial charge in [-0.15, -0.1) is 0 Å². The molecule has 1 rings (SSSR count). The molecule has 0 aliphatic carbocycles. The SMILES string of the molecule is CCOc1cc(C=O)ccc1[O-].[Na+]. The van der Waals surface area contributed by atoms with Crippen molar-refractivity contribution in [3.63, 3.8) is 0 Å². The standard InChI is InChI=1S/C9H10O3.Na/c1-2-12-9-5-7(6-10)3-4-8(9)11;/h3-6,11H,2H2,1H3;/q;+1/p-1. The molecule has 0 bridgehead atoms. The largest absolute Gasteiger partial charge is 1.00 e. The maximum atomic E-state index is 11.0. The van der Waals surface area contributed by atoms with Crippen molar-refractivity contribution in [3.8, 4) is 11.5 Å². The first-order valence-corrected chi connectivity index (χ1v) is 3.67. The Labute approximate surface area is 99.0 Å². The first kappa shape index (κ1) is 12.5. The van der Waals surface area contributed by atoms with Gasteiger partial charge in [0.1, 0.15) is 12.0 Å². The molecular weight excluding hydrogens is 179 g/mol. The normalized spacial score (nSPS) is 8.69. The average molecular weight is 188 g/mol. The van der Waals surface area contributed by atoms with Crippen LogP contribution in [0, 0.1) is 0 Å². The van der Waals surface area contributed by atoms with Gasteiger partial charge in [-0.3, -0.25) is 4.79 Å². The third-order valence-electron chi connectivity index (χ3n) is 1.40. The molecule has 0 heterocycles. The van der Waals surface area contributed by atoms with Crippen LogP contribution >= 0.6 is 0 Å². The Hall–Kier alpha value is -0.510. The molecule has 13 heavy (non-hydrogen) atoms. The quantitative estimate of drug-likeness (QED) is 0.406. The molecule has 3 nitrogen and oxygen atoms in total.